The Morgan fingerprint density at radius 2 is 2.07 bits per heavy atom. The van der Waals surface area contributed by atoms with Crippen LogP contribution in [0.5, 0.6) is 0 Å². The minimum atomic E-state index is 0.233. The first-order chi connectivity index (χ1) is 7.25. The highest BCUT2D eigenvalue weighted by molar-refractivity contribution is 9.10. The Labute approximate surface area is 96.4 Å². The van der Waals surface area contributed by atoms with E-state index in [1.807, 2.05) is 18.2 Å². The van der Waals surface area contributed by atoms with Crippen LogP contribution in [0.4, 0.5) is 6.01 Å². The van der Waals surface area contributed by atoms with Gasteiger partial charge in [-0.2, -0.15) is 0 Å². The van der Waals surface area contributed by atoms with Crippen LogP contribution in [0.15, 0.2) is 39.4 Å². The van der Waals surface area contributed by atoms with Gasteiger partial charge in [0, 0.05) is 10.9 Å². The maximum atomic E-state index is 5.39. The van der Waals surface area contributed by atoms with Crippen LogP contribution >= 0.6 is 15.9 Å². The van der Waals surface area contributed by atoms with Gasteiger partial charge in [-0.15, -0.1) is 0 Å². The van der Waals surface area contributed by atoms with Gasteiger partial charge in [-0.05, 0) is 18.1 Å². The van der Waals surface area contributed by atoms with E-state index in [9.17, 15) is 0 Å². The molecule has 0 aliphatic carbocycles. The van der Waals surface area contributed by atoms with Crippen molar-refractivity contribution in [2.24, 2.45) is 0 Å². The molecule has 0 radical (unpaired) electrons. The Morgan fingerprint density at radius 3 is 2.73 bits per heavy atom. The van der Waals surface area contributed by atoms with E-state index >= 15 is 0 Å². The number of halogens is 1. The predicted molar refractivity (Wildman–Crippen MR) is 62.5 cm³/mol. The van der Waals surface area contributed by atoms with Crippen molar-refractivity contribution in [1.82, 2.24) is 4.98 Å². The molecule has 0 saturated heterocycles. The number of hydrogen-bond acceptors (Lipinski definition) is 3. The van der Waals surface area contributed by atoms with E-state index in [4.69, 9.17) is 10.2 Å². The van der Waals surface area contributed by atoms with Crippen molar-refractivity contribution >= 4 is 21.9 Å². The lowest BCUT2D eigenvalue weighted by Gasteiger charge is -2.01. The van der Waals surface area contributed by atoms with E-state index in [0.717, 1.165) is 23.1 Å². The molecule has 2 aromatic rings. The summed E-state index contributed by atoms with van der Waals surface area (Å²) in [7, 11) is 0. The van der Waals surface area contributed by atoms with Gasteiger partial charge in [0.05, 0.1) is 6.20 Å². The van der Waals surface area contributed by atoms with Crippen molar-refractivity contribution in [1.29, 1.82) is 0 Å². The summed E-state index contributed by atoms with van der Waals surface area (Å²) in [5.41, 5.74) is 6.65. The van der Waals surface area contributed by atoms with Crippen molar-refractivity contribution in [3.05, 3.63) is 46.3 Å². The molecule has 1 aromatic carbocycles. The van der Waals surface area contributed by atoms with Gasteiger partial charge in [-0.1, -0.05) is 34.1 Å². The van der Waals surface area contributed by atoms with Crippen LogP contribution in [0.1, 0.15) is 11.3 Å². The highest BCUT2D eigenvalue weighted by atomic mass is 79.9. The Hall–Kier alpha value is -1.29. The molecule has 0 bridgehead atoms. The molecule has 0 atom stereocenters. The highest BCUT2D eigenvalue weighted by Crippen LogP contribution is 2.18. The Bertz CT molecular complexity index is 453. The topological polar surface area (TPSA) is 52.0 Å². The zero-order valence-electron chi connectivity index (χ0n) is 8.11. The zero-order valence-corrected chi connectivity index (χ0v) is 9.70. The minimum Gasteiger partial charge on any atom is -0.429 e. The van der Waals surface area contributed by atoms with E-state index < -0.39 is 0 Å². The largest absolute Gasteiger partial charge is 0.429 e. The smallest absolute Gasteiger partial charge is 0.292 e. The van der Waals surface area contributed by atoms with Crippen LogP contribution in [0.2, 0.25) is 0 Å². The first-order valence-corrected chi connectivity index (χ1v) is 5.48. The van der Waals surface area contributed by atoms with E-state index in [2.05, 4.69) is 27.0 Å². The van der Waals surface area contributed by atoms with Gasteiger partial charge in [0.1, 0.15) is 5.76 Å². The number of oxazole rings is 1. The first kappa shape index (κ1) is 10.2. The Morgan fingerprint density at radius 1 is 1.27 bits per heavy atom. The second kappa shape index (κ2) is 4.49. The summed E-state index contributed by atoms with van der Waals surface area (Å²) in [4.78, 5) is 3.85. The van der Waals surface area contributed by atoms with Crippen LogP contribution < -0.4 is 5.73 Å². The van der Waals surface area contributed by atoms with Crippen molar-refractivity contribution in [2.75, 3.05) is 5.73 Å². The number of hydrogen-bond donors (Lipinski definition) is 1. The fourth-order valence-corrected chi connectivity index (χ4v) is 1.88. The van der Waals surface area contributed by atoms with Crippen LogP contribution in [0.25, 0.3) is 0 Å². The first-order valence-electron chi connectivity index (χ1n) is 4.69. The van der Waals surface area contributed by atoms with Crippen LogP contribution in [0, 0.1) is 0 Å². The normalized spacial score (nSPS) is 10.5. The molecule has 0 fully saturated rings. The van der Waals surface area contributed by atoms with E-state index in [0.29, 0.717) is 0 Å². The number of aryl methyl sites for hydroxylation is 2. The third kappa shape index (κ3) is 2.59. The quantitative estimate of drug-likeness (QED) is 0.930. The lowest BCUT2D eigenvalue weighted by atomic mass is 10.1. The number of rotatable bonds is 3. The number of nitrogens with zero attached hydrogens (tertiary/aromatic N) is 1. The summed E-state index contributed by atoms with van der Waals surface area (Å²) < 4.78 is 6.32. The average molecular weight is 267 g/mol. The maximum absolute atomic E-state index is 5.39. The molecule has 0 spiro atoms. The SMILES string of the molecule is Nc1ncc(CCc2ccccc2Br)o1. The molecular weight excluding hydrogens is 256 g/mol. The zero-order chi connectivity index (χ0) is 10.7. The molecule has 1 aromatic heterocycles. The molecule has 2 N–H and O–H groups in total. The van der Waals surface area contributed by atoms with Crippen LogP contribution in [0.3, 0.4) is 0 Å². The van der Waals surface area contributed by atoms with Gasteiger partial charge in [0.15, 0.2) is 0 Å². The van der Waals surface area contributed by atoms with Crippen molar-refractivity contribution in [3.8, 4) is 0 Å². The summed E-state index contributed by atoms with van der Waals surface area (Å²) in [5.74, 6) is 0.822. The molecule has 0 saturated carbocycles. The molecule has 0 aliphatic heterocycles. The molecular formula is C11H11BrN2O. The molecule has 3 nitrogen and oxygen atoms in total. The van der Waals surface area contributed by atoms with Gasteiger partial charge in [0.2, 0.25) is 0 Å². The molecule has 0 aliphatic rings. The number of nitrogen functional groups attached to an aromatic ring is 1. The van der Waals surface area contributed by atoms with Gasteiger partial charge in [0.25, 0.3) is 6.01 Å². The van der Waals surface area contributed by atoms with E-state index in [1.54, 1.807) is 6.20 Å². The lowest BCUT2D eigenvalue weighted by Crippen LogP contribution is -1.90. The fraction of sp³-hybridized carbons (Fsp3) is 0.182. The second-order valence-electron chi connectivity index (χ2n) is 3.26. The summed E-state index contributed by atoms with van der Waals surface area (Å²) in [6.45, 7) is 0. The number of anilines is 1. The summed E-state index contributed by atoms with van der Waals surface area (Å²) in [6, 6.07) is 8.38. The number of nitrogens with two attached hydrogens (primary N) is 1. The lowest BCUT2D eigenvalue weighted by molar-refractivity contribution is 0.521. The van der Waals surface area contributed by atoms with Crippen LogP contribution in [-0.4, -0.2) is 4.98 Å². The van der Waals surface area contributed by atoms with Crippen molar-refractivity contribution in [3.63, 3.8) is 0 Å². The monoisotopic (exact) mass is 266 g/mol. The molecule has 0 amide bonds. The summed E-state index contributed by atoms with van der Waals surface area (Å²) in [5, 5.41) is 0. The minimum absolute atomic E-state index is 0.233. The third-order valence-corrected chi connectivity index (χ3v) is 2.94. The van der Waals surface area contributed by atoms with E-state index in [1.165, 1.54) is 5.56 Å². The van der Waals surface area contributed by atoms with Gasteiger partial charge in [-0.3, -0.25) is 0 Å². The molecule has 1 heterocycles. The molecule has 2 rings (SSSR count). The third-order valence-electron chi connectivity index (χ3n) is 2.17. The van der Waals surface area contributed by atoms with Gasteiger partial charge in [-0.25, -0.2) is 4.98 Å². The highest BCUT2D eigenvalue weighted by Gasteiger charge is 2.03. The molecule has 78 valence electrons. The summed E-state index contributed by atoms with van der Waals surface area (Å²) in [6.07, 6.45) is 3.40. The Kier molecular flexibility index (Phi) is 3.06. The second-order valence-corrected chi connectivity index (χ2v) is 4.11. The molecule has 4 heteroatoms. The maximum Gasteiger partial charge on any atom is 0.292 e. The predicted octanol–water partition coefficient (Wildman–Crippen LogP) is 2.80. The van der Waals surface area contributed by atoms with Gasteiger partial charge < -0.3 is 10.2 Å². The average Bonchev–Trinajstić information content (AvgIpc) is 2.63. The van der Waals surface area contributed by atoms with Crippen LogP contribution in [-0.2, 0) is 12.8 Å². The van der Waals surface area contributed by atoms with Gasteiger partial charge >= 0.3 is 0 Å². The molecule has 0 unspecified atom stereocenters. The number of benzene rings is 1. The number of aromatic nitrogens is 1. The fourth-order valence-electron chi connectivity index (χ4n) is 1.40. The summed E-state index contributed by atoms with van der Waals surface area (Å²) >= 11 is 3.50. The standard InChI is InChI=1S/C11H11BrN2O/c12-10-4-2-1-3-8(10)5-6-9-7-14-11(13)15-9/h1-4,7H,5-6H2,(H2,13,14). The van der Waals surface area contributed by atoms with E-state index in [-0.39, 0.29) is 6.01 Å². The molecule has 15 heavy (non-hydrogen) atoms. The Balaban J connectivity index is 2.02. The van der Waals surface area contributed by atoms with Crippen molar-refractivity contribution < 1.29 is 4.42 Å². The van der Waals surface area contributed by atoms with Crippen molar-refractivity contribution in [2.45, 2.75) is 12.8 Å².